The summed E-state index contributed by atoms with van der Waals surface area (Å²) in [5.41, 5.74) is -0.177. The van der Waals surface area contributed by atoms with Crippen LogP contribution in [-0.2, 0) is 23.1 Å². The quantitative estimate of drug-likeness (QED) is 0.257. The van der Waals surface area contributed by atoms with Crippen molar-refractivity contribution in [2.75, 3.05) is 20.3 Å². The second kappa shape index (κ2) is 9.03. The summed E-state index contributed by atoms with van der Waals surface area (Å²) in [6.45, 7) is 24.6. The van der Waals surface area contributed by atoms with E-state index < -0.39 is 16.6 Å². The first kappa shape index (κ1) is 26.8. The van der Waals surface area contributed by atoms with Gasteiger partial charge < -0.3 is 23.1 Å². The second-order valence-electron chi connectivity index (χ2n) is 12.6. The zero-order chi connectivity index (χ0) is 24.2. The topological polar surface area (TPSA) is 49.5 Å². The molecular weight excluding hydrogens is 436 g/mol. The molecule has 0 aromatic heterocycles. The first-order chi connectivity index (χ1) is 14.7. The minimum Gasteiger partial charge on any atom is -0.414 e. The molecule has 2 saturated heterocycles. The molecule has 0 bridgehead atoms. The summed E-state index contributed by atoms with van der Waals surface area (Å²) >= 11 is 0. The van der Waals surface area contributed by atoms with E-state index in [-0.39, 0.29) is 40.5 Å². The van der Waals surface area contributed by atoms with Crippen molar-refractivity contribution in [3.05, 3.63) is 0 Å². The van der Waals surface area contributed by atoms with E-state index in [0.29, 0.717) is 12.5 Å². The first-order valence-corrected chi connectivity index (χ1v) is 18.3. The molecule has 1 aliphatic carbocycles. The summed E-state index contributed by atoms with van der Waals surface area (Å²) < 4.78 is 32.7. The van der Waals surface area contributed by atoms with Crippen molar-refractivity contribution in [2.24, 2.45) is 17.3 Å². The number of methoxy groups -OCH3 is 1. The van der Waals surface area contributed by atoms with Crippen LogP contribution in [0.4, 0.5) is 0 Å². The zero-order valence-corrected chi connectivity index (χ0v) is 24.7. The van der Waals surface area contributed by atoms with Crippen LogP contribution in [0.25, 0.3) is 0 Å². The van der Waals surface area contributed by atoms with E-state index in [1.165, 1.54) is 0 Å². The maximum Gasteiger partial charge on any atom is 0.192 e. The van der Waals surface area contributed by atoms with Crippen LogP contribution in [-0.4, -0.2) is 61.1 Å². The third-order valence-corrected chi connectivity index (χ3v) is 18.8. The lowest BCUT2D eigenvalue weighted by molar-refractivity contribution is -0.245. The molecule has 5 nitrogen and oxygen atoms in total. The third-order valence-electron chi connectivity index (χ3n) is 9.64. The van der Waals surface area contributed by atoms with Crippen molar-refractivity contribution in [1.29, 1.82) is 0 Å². The predicted octanol–water partition coefficient (Wildman–Crippen LogP) is 6.20. The minimum atomic E-state index is -2.01. The summed E-state index contributed by atoms with van der Waals surface area (Å²) in [6.07, 6.45) is 1.01. The van der Waals surface area contributed by atoms with Gasteiger partial charge in [-0.15, -0.1) is 0 Å². The standard InChI is InChI=1S/C25H50O5Si2/c1-12-32(13-2,14-3)28-16-19(30-31(10,11)23(4,5)6)21-18-15-24(7,8)25(18,20-17-27-20)29-22(21)26-9/h18-22H,12-17H2,1-11H3/t18-,19+,20+,21+,22-,25-/m0/s1. The minimum absolute atomic E-state index is 0.0147. The molecular formula is C25H50O5Si2. The maximum absolute atomic E-state index is 7.15. The average Bonchev–Trinajstić information content (AvgIpc) is 3.51. The van der Waals surface area contributed by atoms with Crippen molar-refractivity contribution in [3.8, 4) is 0 Å². The van der Waals surface area contributed by atoms with Gasteiger partial charge in [0.2, 0.25) is 0 Å². The van der Waals surface area contributed by atoms with Crippen LogP contribution in [0.3, 0.4) is 0 Å². The van der Waals surface area contributed by atoms with Gasteiger partial charge in [0.25, 0.3) is 0 Å². The van der Waals surface area contributed by atoms with E-state index in [9.17, 15) is 0 Å². The first-order valence-electron chi connectivity index (χ1n) is 12.9. The SMILES string of the molecule is CC[Si](CC)(CC)OC[C@@H](O[Si](C)(C)C(C)(C)C)[C@@H]1[C@@H](OC)O[C@]2([C@H]3CO3)[C@H]1CC2(C)C. The molecule has 0 N–H and O–H groups in total. The number of epoxide rings is 1. The zero-order valence-electron chi connectivity index (χ0n) is 22.7. The van der Waals surface area contributed by atoms with Gasteiger partial charge >= 0.3 is 0 Å². The molecule has 3 fully saturated rings. The lowest BCUT2D eigenvalue weighted by atomic mass is 9.48. The highest BCUT2D eigenvalue weighted by Gasteiger charge is 2.76. The Hall–Kier alpha value is 0.234. The van der Waals surface area contributed by atoms with Crippen LogP contribution < -0.4 is 0 Å². The van der Waals surface area contributed by atoms with Crippen molar-refractivity contribution in [2.45, 2.75) is 122 Å². The highest BCUT2D eigenvalue weighted by Crippen LogP contribution is 2.68. The van der Waals surface area contributed by atoms with E-state index in [0.717, 1.165) is 31.2 Å². The summed E-state index contributed by atoms with van der Waals surface area (Å²) in [5.74, 6) is 0.554. The maximum atomic E-state index is 7.15. The highest BCUT2D eigenvalue weighted by atomic mass is 28.4. The third kappa shape index (κ3) is 4.33. The molecule has 0 amide bonds. The summed E-state index contributed by atoms with van der Waals surface area (Å²) in [7, 11) is -1.96. The van der Waals surface area contributed by atoms with Gasteiger partial charge in [-0.1, -0.05) is 55.4 Å². The monoisotopic (exact) mass is 486 g/mol. The van der Waals surface area contributed by atoms with Gasteiger partial charge in [-0.05, 0) is 48.1 Å². The van der Waals surface area contributed by atoms with Crippen molar-refractivity contribution in [1.82, 2.24) is 0 Å². The molecule has 0 aromatic rings. The molecule has 0 aromatic carbocycles. The van der Waals surface area contributed by atoms with E-state index >= 15 is 0 Å². The molecule has 0 unspecified atom stereocenters. The molecule has 0 radical (unpaired) electrons. The van der Waals surface area contributed by atoms with Crippen LogP contribution in [0.2, 0.25) is 36.3 Å². The number of hydrogen-bond donors (Lipinski definition) is 0. The summed E-state index contributed by atoms with van der Waals surface area (Å²) in [5, 5.41) is 0.137. The molecule has 2 heterocycles. The Kier molecular flexibility index (Phi) is 7.57. The van der Waals surface area contributed by atoms with E-state index in [1.807, 2.05) is 0 Å². The van der Waals surface area contributed by atoms with Crippen LogP contribution in [0.15, 0.2) is 0 Å². The summed E-state index contributed by atoms with van der Waals surface area (Å²) in [4.78, 5) is 0. The van der Waals surface area contributed by atoms with Gasteiger partial charge in [-0.3, -0.25) is 0 Å². The highest BCUT2D eigenvalue weighted by molar-refractivity contribution is 6.74. The summed E-state index contributed by atoms with van der Waals surface area (Å²) in [6, 6.07) is 3.45. The Morgan fingerprint density at radius 1 is 1.06 bits per heavy atom. The van der Waals surface area contributed by atoms with Crippen molar-refractivity contribution < 1.29 is 23.1 Å². The van der Waals surface area contributed by atoms with Gasteiger partial charge in [-0.25, -0.2) is 0 Å². The van der Waals surface area contributed by atoms with Crippen LogP contribution in [0, 0.1) is 17.3 Å². The van der Waals surface area contributed by atoms with E-state index in [2.05, 4.69) is 68.5 Å². The van der Waals surface area contributed by atoms with Crippen molar-refractivity contribution >= 4 is 16.6 Å². The van der Waals surface area contributed by atoms with Gasteiger partial charge in [0.15, 0.2) is 22.9 Å². The van der Waals surface area contributed by atoms with Crippen molar-refractivity contribution in [3.63, 3.8) is 0 Å². The number of fused-ring (bicyclic) bond motifs is 1. The fraction of sp³-hybridized carbons (Fsp3) is 1.00. The van der Waals surface area contributed by atoms with Gasteiger partial charge in [0.1, 0.15) is 11.7 Å². The predicted molar refractivity (Wildman–Crippen MR) is 135 cm³/mol. The average molecular weight is 487 g/mol. The molecule has 0 spiro atoms. The Bertz CT molecular complexity index is 645. The molecule has 7 heteroatoms. The Morgan fingerprint density at radius 2 is 1.62 bits per heavy atom. The number of rotatable bonds is 11. The van der Waals surface area contributed by atoms with Gasteiger partial charge in [0, 0.05) is 18.9 Å². The van der Waals surface area contributed by atoms with E-state index in [4.69, 9.17) is 23.1 Å². The van der Waals surface area contributed by atoms with Gasteiger partial charge in [-0.2, -0.15) is 0 Å². The normalized spacial score (nSPS) is 35.3. The lowest BCUT2D eigenvalue weighted by Gasteiger charge is -2.58. The molecule has 32 heavy (non-hydrogen) atoms. The fourth-order valence-electron chi connectivity index (χ4n) is 6.14. The molecule has 1 saturated carbocycles. The smallest absolute Gasteiger partial charge is 0.192 e. The number of hydrogen-bond acceptors (Lipinski definition) is 5. The van der Waals surface area contributed by atoms with Gasteiger partial charge in [0.05, 0.1) is 19.3 Å². The van der Waals surface area contributed by atoms with Crippen LogP contribution in [0.5, 0.6) is 0 Å². The van der Waals surface area contributed by atoms with E-state index in [1.54, 1.807) is 7.11 Å². The largest absolute Gasteiger partial charge is 0.414 e. The molecule has 3 aliphatic rings. The van der Waals surface area contributed by atoms with Crippen LogP contribution >= 0.6 is 0 Å². The molecule has 3 rings (SSSR count). The van der Waals surface area contributed by atoms with Crippen LogP contribution in [0.1, 0.15) is 61.8 Å². The fourth-order valence-corrected chi connectivity index (χ4v) is 10.1. The number of ether oxygens (including phenoxy) is 3. The Morgan fingerprint density at radius 3 is 2.03 bits per heavy atom. The Labute approximate surface area is 199 Å². The molecule has 2 aliphatic heterocycles. The second-order valence-corrected chi connectivity index (χ2v) is 22.1. The Balaban J connectivity index is 1.93. The lowest BCUT2D eigenvalue weighted by Crippen LogP contribution is -2.65. The molecule has 6 atom stereocenters. The molecule has 188 valence electrons.